The van der Waals surface area contributed by atoms with E-state index >= 15 is 0 Å². The Balaban J connectivity index is 2.01. The first-order chi connectivity index (χ1) is 8.65. The molecular formula is C14H16BrN3. The zero-order chi connectivity index (χ0) is 13.0. The van der Waals surface area contributed by atoms with Crippen LogP contribution in [0.25, 0.3) is 0 Å². The van der Waals surface area contributed by atoms with Crippen LogP contribution in [0.4, 0.5) is 5.69 Å². The molecule has 0 amide bonds. The van der Waals surface area contributed by atoms with Crippen molar-refractivity contribution < 1.29 is 0 Å². The molecule has 0 fully saturated rings. The number of anilines is 1. The van der Waals surface area contributed by atoms with Gasteiger partial charge in [-0.05, 0) is 42.2 Å². The Labute approximate surface area is 115 Å². The topological polar surface area (TPSA) is 64.9 Å². The van der Waals surface area contributed by atoms with E-state index in [4.69, 9.17) is 11.5 Å². The van der Waals surface area contributed by atoms with Gasteiger partial charge in [-0.1, -0.05) is 28.1 Å². The van der Waals surface area contributed by atoms with Crippen LogP contribution in [0.1, 0.15) is 11.1 Å². The highest BCUT2D eigenvalue weighted by Gasteiger charge is 2.08. The van der Waals surface area contributed by atoms with Crippen LogP contribution in [0.5, 0.6) is 0 Å². The van der Waals surface area contributed by atoms with Crippen molar-refractivity contribution >= 4 is 21.6 Å². The molecule has 0 aliphatic heterocycles. The van der Waals surface area contributed by atoms with Gasteiger partial charge in [0.15, 0.2) is 0 Å². The third-order valence-electron chi connectivity index (χ3n) is 2.81. The van der Waals surface area contributed by atoms with E-state index in [1.54, 1.807) is 18.5 Å². The summed E-state index contributed by atoms with van der Waals surface area (Å²) in [6, 6.07) is 10.1. The van der Waals surface area contributed by atoms with Gasteiger partial charge in [0, 0.05) is 28.6 Å². The van der Waals surface area contributed by atoms with E-state index in [0.717, 1.165) is 28.6 Å². The molecule has 94 valence electrons. The fraction of sp³-hybridized carbons (Fsp3) is 0.214. The molecule has 1 atom stereocenters. The van der Waals surface area contributed by atoms with Gasteiger partial charge in [-0.2, -0.15) is 0 Å². The van der Waals surface area contributed by atoms with Crippen molar-refractivity contribution in [2.24, 2.45) is 5.73 Å². The van der Waals surface area contributed by atoms with Crippen LogP contribution in [-0.4, -0.2) is 11.0 Å². The fourth-order valence-electron chi connectivity index (χ4n) is 1.93. The van der Waals surface area contributed by atoms with Gasteiger partial charge < -0.3 is 11.5 Å². The lowest BCUT2D eigenvalue weighted by molar-refractivity contribution is 0.664. The van der Waals surface area contributed by atoms with Crippen LogP contribution in [0, 0.1) is 0 Å². The number of hydrogen-bond acceptors (Lipinski definition) is 3. The molecule has 0 saturated carbocycles. The second-order valence-corrected chi connectivity index (χ2v) is 5.29. The smallest absolute Gasteiger partial charge is 0.0378 e. The summed E-state index contributed by atoms with van der Waals surface area (Å²) in [5.41, 5.74) is 15.0. The maximum atomic E-state index is 6.16. The first-order valence-electron chi connectivity index (χ1n) is 5.83. The number of benzene rings is 1. The van der Waals surface area contributed by atoms with Crippen LogP contribution in [-0.2, 0) is 12.8 Å². The molecule has 0 aliphatic carbocycles. The Hall–Kier alpha value is -1.39. The highest BCUT2D eigenvalue weighted by Crippen LogP contribution is 2.15. The SMILES string of the molecule is Nc1ccncc1CC(N)Cc1cccc(Br)c1. The monoisotopic (exact) mass is 305 g/mol. The highest BCUT2D eigenvalue weighted by atomic mass is 79.9. The van der Waals surface area contributed by atoms with Crippen molar-refractivity contribution in [3.63, 3.8) is 0 Å². The number of aromatic nitrogens is 1. The van der Waals surface area contributed by atoms with Crippen LogP contribution in [0.3, 0.4) is 0 Å². The Morgan fingerprint density at radius 1 is 1.22 bits per heavy atom. The van der Waals surface area contributed by atoms with Crippen LogP contribution < -0.4 is 11.5 Å². The van der Waals surface area contributed by atoms with E-state index in [1.807, 2.05) is 12.1 Å². The summed E-state index contributed by atoms with van der Waals surface area (Å²) < 4.78 is 1.08. The zero-order valence-corrected chi connectivity index (χ0v) is 11.6. The van der Waals surface area contributed by atoms with Crippen LogP contribution >= 0.6 is 15.9 Å². The summed E-state index contributed by atoms with van der Waals surface area (Å²) in [6.07, 6.45) is 5.05. The van der Waals surface area contributed by atoms with Crippen molar-refractivity contribution in [1.29, 1.82) is 0 Å². The summed E-state index contributed by atoms with van der Waals surface area (Å²) in [5, 5.41) is 0. The summed E-state index contributed by atoms with van der Waals surface area (Å²) in [6.45, 7) is 0. The second-order valence-electron chi connectivity index (χ2n) is 4.37. The van der Waals surface area contributed by atoms with E-state index in [-0.39, 0.29) is 6.04 Å². The standard InChI is InChI=1S/C14H16BrN3/c15-12-3-1-2-10(6-12)7-13(16)8-11-9-18-5-4-14(11)17/h1-6,9,13H,7-8,16H2,(H2,17,18). The predicted octanol–water partition coefficient (Wildman–Crippen LogP) is 2.54. The normalized spacial score (nSPS) is 12.3. The number of hydrogen-bond donors (Lipinski definition) is 2. The quantitative estimate of drug-likeness (QED) is 0.912. The van der Waals surface area contributed by atoms with Crippen molar-refractivity contribution in [3.8, 4) is 0 Å². The molecule has 0 spiro atoms. The molecule has 0 radical (unpaired) electrons. The first kappa shape index (κ1) is 13.1. The van der Waals surface area contributed by atoms with E-state index in [9.17, 15) is 0 Å². The van der Waals surface area contributed by atoms with Crippen molar-refractivity contribution in [2.75, 3.05) is 5.73 Å². The highest BCUT2D eigenvalue weighted by molar-refractivity contribution is 9.10. The molecule has 2 aromatic rings. The van der Waals surface area contributed by atoms with Crippen molar-refractivity contribution in [2.45, 2.75) is 18.9 Å². The largest absolute Gasteiger partial charge is 0.398 e. The molecule has 0 bridgehead atoms. The van der Waals surface area contributed by atoms with E-state index < -0.39 is 0 Å². The fourth-order valence-corrected chi connectivity index (χ4v) is 2.38. The third-order valence-corrected chi connectivity index (χ3v) is 3.30. The second kappa shape index (κ2) is 5.98. The summed E-state index contributed by atoms with van der Waals surface area (Å²) in [7, 11) is 0. The van der Waals surface area contributed by atoms with Gasteiger partial charge >= 0.3 is 0 Å². The van der Waals surface area contributed by atoms with Gasteiger partial charge in [-0.15, -0.1) is 0 Å². The first-order valence-corrected chi connectivity index (χ1v) is 6.63. The van der Waals surface area contributed by atoms with Crippen molar-refractivity contribution in [1.82, 2.24) is 4.98 Å². The van der Waals surface area contributed by atoms with Crippen molar-refractivity contribution in [3.05, 3.63) is 58.3 Å². The van der Waals surface area contributed by atoms with E-state index in [0.29, 0.717) is 0 Å². The molecular weight excluding hydrogens is 290 g/mol. The molecule has 0 saturated heterocycles. The molecule has 1 aromatic carbocycles. The number of nitrogens with zero attached hydrogens (tertiary/aromatic N) is 1. The lowest BCUT2D eigenvalue weighted by Gasteiger charge is -2.13. The van der Waals surface area contributed by atoms with Gasteiger partial charge in [-0.3, -0.25) is 4.98 Å². The Kier molecular flexibility index (Phi) is 4.33. The number of halogens is 1. The maximum absolute atomic E-state index is 6.16. The number of pyridine rings is 1. The van der Waals surface area contributed by atoms with Gasteiger partial charge in [0.2, 0.25) is 0 Å². The minimum Gasteiger partial charge on any atom is -0.398 e. The minimum atomic E-state index is 0.0470. The molecule has 0 aliphatic rings. The Bertz CT molecular complexity index is 528. The average molecular weight is 306 g/mol. The van der Waals surface area contributed by atoms with E-state index in [2.05, 4.69) is 33.0 Å². The average Bonchev–Trinajstić information content (AvgIpc) is 2.32. The van der Waals surface area contributed by atoms with Crippen LogP contribution in [0.2, 0.25) is 0 Å². The third kappa shape index (κ3) is 3.55. The maximum Gasteiger partial charge on any atom is 0.0378 e. The number of nitrogen functional groups attached to an aromatic ring is 1. The van der Waals surface area contributed by atoms with E-state index in [1.165, 1.54) is 5.56 Å². The van der Waals surface area contributed by atoms with Gasteiger partial charge in [0.25, 0.3) is 0 Å². The van der Waals surface area contributed by atoms with Gasteiger partial charge in [0.05, 0.1) is 0 Å². The zero-order valence-electron chi connectivity index (χ0n) is 10.0. The molecule has 4 N–H and O–H groups in total. The van der Waals surface area contributed by atoms with Crippen LogP contribution in [0.15, 0.2) is 47.2 Å². The molecule has 4 heteroatoms. The molecule has 1 heterocycles. The predicted molar refractivity (Wildman–Crippen MR) is 78.2 cm³/mol. The molecule has 1 unspecified atom stereocenters. The number of nitrogens with two attached hydrogens (primary N) is 2. The molecule has 3 nitrogen and oxygen atoms in total. The molecule has 2 rings (SSSR count). The number of rotatable bonds is 4. The summed E-state index contributed by atoms with van der Waals surface area (Å²) in [5.74, 6) is 0. The lowest BCUT2D eigenvalue weighted by atomic mass is 10.00. The molecule has 1 aromatic heterocycles. The summed E-state index contributed by atoms with van der Waals surface area (Å²) >= 11 is 3.46. The van der Waals surface area contributed by atoms with Gasteiger partial charge in [-0.25, -0.2) is 0 Å². The minimum absolute atomic E-state index is 0.0470. The summed E-state index contributed by atoms with van der Waals surface area (Å²) in [4.78, 5) is 4.08. The van der Waals surface area contributed by atoms with Gasteiger partial charge in [0.1, 0.15) is 0 Å². The Morgan fingerprint density at radius 3 is 2.78 bits per heavy atom. The lowest BCUT2D eigenvalue weighted by Crippen LogP contribution is -2.26. The Morgan fingerprint density at radius 2 is 2.06 bits per heavy atom. The molecule has 18 heavy (non-hydrogen) atoms.